The van der Waals surface area contributed by atoms with Gasteiger partial charge in [-0.2, -0.15) is 4.31 Å². The van der Waals surface area contributed by atoms with E-state index in [1.54, 1.807) is 25.5 Å². The first-order chi connectivity index (χ1) is 10.8. The van der Waals surface area contributed by atoms with Gasteiger partial charge in [0.15, 0.2) is 0 Å². The van der Waals surface area contributed by atoms with Crippen molar-refractivity contribution in [3.05, 3.63) is 18.0 Å². The molecule has 1 unspecified atom stereocenters. The van der Waals surface area contributed by atoms with Crippen molar-refractivity contribution in [2.45, 2.75) is 51.0 Å². The van der Waals surface area contributed by atoms with E-state index in [4.69, 9.17) is 0 Å². The number of rotatable bonds is 7. The Hall–Kier alpha value is -1.34. The van der Waals surface area contributed by atoms with E-state index in [9.17, 15) is 13.2 Å². The molecule has 0 aromatic carbocycles. The molecule has 0 aliphatic heterocycles. The second-order valence-electron chi connectivity index (χ2n) is 6.21. The van der Waals surface area contributed by atoms with Crippen LogP contribution in [0.5, 0.6) is 0 Å². The second-order valence-corrected chi connectivity index (χ2v) is 8.15. The van der Waals surface area contributed by atoms with Gasteiger partial charge >= 0.3 is 0 Å². The first kappa shape index (κ1) is 18.0. The summed E-state index contributed by atoms with van der Waals surface area (Å²) in [5, 5.41) is 2.99. The van der Waals surface area contributed by atoms with Crippen LogP contribution in [-0.2, 0) is 17.1 Å². The van der Waals surface area contributed by atoms with E-state index in [0.717, 1.165) is 12.8 Å². The number of hydrogen-bond acceptors (Lipinski definition) is 3. The highest BCUT2D eigenvalue weighted by Crippen LogP contribution is 2.29. The number of carbonyl (C=O) groups excluding carboxylic acids is 1. The summed E-state index contributed by atoms with van der Waals surface area (Å²) in [6.07, 6.45) is 5.03. The Bertz CT molecular complexity index is 658. The summed E-state index contributed by atoms with van der Waals surface area (Å²) in [6.45, 7) is 6.44. The Morgan fingerprint density at radius 2 is 2.00 bits per heavy atom. The van der Waals surface area contributed by atoms with E-state index in [1.807, 2.05) is 6.92 Å². The fourth-order valence-corrected chi connectivity index (χ4v) is 4.48. The van der Waals surface area contributed by atoms with Gasteiger partial charge in [0.05, 0.1) is 0 Å². The monoisotopic (exact) mass is 341 g/mol. The molecule has 0 spiro atoms. The van der Waals surface area contributed by atoms with Crippen molar-refractivity contribution in [2.75, 3.05) is 13.1 Å². The minimum atomic E-state index is -3.54. The van der Waals surface area contributed by atoms with Gasteiger partial charge in [0.2, 0.25) is 10.0 Å². The SMILES string of the molecule is CCN(CC)S(=O)(=O)c1cc(C(=O)NC(C)C2CCC2)n(C)c1. The van der Waals surface area contributed by atoms with Crippen LogP contribution in [0.15, 0.2) is 17.2 Å². The summed E-state index contributed by atoms with van der Waals surface area (Å²) in [6, 6.07) is 1.59. The molecule has 6 nitrogen and oxygen atoms in total. The molecule has 2 rings (SSSR count). The molecule has 1 heterocycles. The number of aromatic nitrogens is 1. The van der Waals surface area contributed by atoms with Crippen LogP contribution in [0.1, 0.15) is 50.5 Å². The van der Waals surface area contributed by atoms with E-state index in [1.165, 1.54) is 23.0 Å². The van der Waals surface area contributed by atoms with Crippen molar-refractivity contribution in [2.24, 2.45) is 13.0 Å². The molecule has 1 aromatic rings. The lowest BCUT2D eigenvalue weighted by Gasteiger charge is -2.31. The minimum Gasteiger partial charge on any atom is -0.348 e. The lowest BCUT2D eigenvalue weighted by molar-refractivity contribution is 0.0901. The Labute approximate surface area is 138 Å². The lowest BCUT2D eigenvalue weighted by atomic mass is 9.80. The fourth-order valence-electron chi connectivity index (χ4n) is 2.95. The predicted octanol–water partition coefficient (Wildman–Crippen LogP) is 1.97. The number of amides is 1. The third-order valence-corrected chi connectivity index (χ3v) is 6.79. The number of carbonyl (C=O) groups is 1. The Balaban J connectivity index is 2.18. The van der Waals surface area contributed by atoms with Crippen LogP contribution in [0.25, 0.3) is 0 Å². The van der Waals surface area contributed by atoms with Gasteiger partial charge in [-0.05, 0) is 31.7 Å². The molecule has 1 aromatic heterocycles. The maximum atomic E-state index is 12.5. The van der Waals surface area contributed by atoms with Gasteiger partial charge < -0.3 is 9.88 Å². The van der Waals surface area contributed by atoms with Crippen LogP contribution >= 0.6 is 0 Å². The second kappa shape index (κ2) is 7.05. The van der Waals surface area contributed by atoms with Crippen molar-refractivity contribution < 1.29 is 13.2 Å². The first-order valence-electron chi connectivity index (χ1n) is 8.28. The van der Waals surface area contributed by atoms with Gasteiger partial charge in [0.1, 0.15) is 10.6 Å². The summed E-state index contributed by atoms with van der Waals surface area (Å²) < 4.78 is 28.1. The highest BCUT2D eigenvalue weighted by molar-refractivity contribution is 7.89. The largest absolute Gasteiger partial charge is 0.348 e. The molecule has 0 saturated heterocycles. The van der Waals surface area contributed by atoms with E-state index >= 15 is 0 Å². The molecule has 1 aliphatic rings. The molecule has 1 fully saturated rings. The third kappa shape index (κ3) is 3.61. The number of nitrogens with one attached hydrogen (secondary N) is 1. The lowest BCUT2D eigenvalue weighted by Crippen LogP contribution is -2.41. The molecule has 0 bridgehead atoms. The summed E-state index contributed by atoms with van der Waals surface area (Å²) in [7, 11) is -1.84. The first-order valence-corrected chi connectivity index (χ1v) is 9.72. The average Bonchev–Trinajstić information content (AvgIpc) is 2.80. The molecular formula is C16H27N3O3S. The van der Waals surface area contributed by atoms with Crippen LogP contribution in [0.4, 0.5) is 0 Å². The molecule has 7 heteroatoms. The van der Waals surface area contributed by atoms with Crippen LogP contribution < -0.4 is 5.32 Å². The topological polar surface area (TPSA) is 71.4 Å². The number of nitrogens with zero attached hydrogens (tertiary/aromatic N) is 2. The van der Waals surface area contributed by atoms with Crippen LogP contribution in [0.3, 0.4) is 0 Å². The molecule has 1 atom stereocenters. The molecule has 130 valence electrons. The molecule has 1 saturated carbocycles. The minimum absolute atomic E-state index is 0.119. The Morgan fingerprint density at radius 3 is 2.48 bits per heavy atom. The zero-order valence-corrected chi connectivity index (χ0v) is 15.2. The predicted molar refractivity (Wildman–Crippen MR) is 89.8 cm³/mol. The van der Waals surface area contributed by atoms with Crippen molar-refractivity contribution in [1.82, 2.24) is 14.2 Å². The fraction of sp³-hybridized carbons (Fsp3) is 0.688. The summed E-state index contributed by atoms with van der Waals surface area (Å²) in [5.41, 5.74) is 0.377. The Kier molecular flexibility index (Phi) is 5.52. The highest BCUT2D eigenvalue weighted by atomic mass is 32.2. The van der Waals surface area contributed by atoms with E-state index < -0.39 is 10.0 Å². The number of sulfonamides is 1. The Morgan fingerprint density at radius 1 is 1.39 bits per heavy atom. The van der Waals surface area contributed by atoms with Crippen LogP contribution in [-0.4, -0.2) is 42.3 Å². The maximum absolute atomic E-state index is 12.5. The molecule has 0 radical (unpaired) electrons. The number of aryl methyl sites for hydroxylation is 1. The quantitative estimate of drug-likeness (QED) is 0.824. The molecule has 1 N–H and O–H groups in total. The summed E-state index contributed by atoms with van der Waals surface area (Å²) in [5.74, 6) is 0.325. The zero-order chi connectivity index (χ0) is 17.2. The maximum Gasteiger partial charge on any atom is 0.268 e. The van der Waals surface area contributed by atoms with Gasteiger partial charge in [-0.25, -0.2) is 8.42 Å². The van der Waals surface area contributed by atoms with Crippen molar-refractivity contribution in [1.29, 1.82) is 0 Å². The van der Waals surface area contributed by atoms with Crippen molar-refractivity contribution in [3.8, 4) is 0 Å². The normalized spacial score (nSPS) is 17.1. The van der Waals surface area contributed by atoms with Gasteiger partial charge in [-0.3, -0.25) is 4.79 Å². The smallest absolute Gasteiger partial charge is 0.268 e. The highest BCUT2D eigenvalue weighted by Gasteiger charge is 2.28. The van der Waals surface area contributed by atoms with E-state index in [0.29, 0.717) is 24.7 Å². The molecule has 1 aliphatic carbocycles. The van der Waals surface area contributed by atoms with Gasteiger partial charge in [-0.1, -0.05) is 20.3 Å². The van der Waals surface area contributed by atoms with E-state index in [-0.39, 0.29) is 16.8 Å². The van der Waals surface area contributed by atoms with Crippen molar-refractivity contribution in [3.63, 3.8) is 0 Å². The van der Waals surface area contributed by atoms with Gasteiger partial charge in [-0.15, -0.1) is 0 Å². The van der Waals surface area contributed by atoms with E-state index in [2.05, 4.69) is 5.32 Å². The van der Waals surface area contributed by atoms with Crippen LogP contribution in [0, 0.1) is 5.92 Å². The van der Waals surface area contributed by atoms with Gasteiger partial charge in [0.25, 0.3) is 5.91 Å². The standard InChI is InChI=1S/C16H27N3O3S/c1-5-19(6-2)23(21,22)14-10-15(18(4)11-14)16(20)17-12(3)13-8-7-9-13/h10-13H,5-9H2,1-4H3,(H,17,20). The van der Waals surface area contributed by atoms with Gasteiger partial charge in [0, 0.05) is 32.4 Å². The van der Waals surface area contributed by atoms with Crippen LogP contribution in [0.2, 0.25) is 0 Å². The van der Waals surface area contributed by atoms with Crippen molar-refractivity contribution >= 4 is 15.9 Å². The average molecular weight is 341 g/mol. The summed E-state index contributed by atoms with van der Waals surface area (Å²) in [4.78, 5) is 12.6. The molecular weight excluding hydrogens is 314 g/mol. The number of hydrogen-bond donors (Lipinski definition) is 1. The zero-order valence-electron chi connectivity index (χ0n) is 14.4. The summed E-state index contributed by atoms with van der Waals surface area (Å²) >= 11 is 0. The molecule has 1 amide bonds. The molecule has 23 heavy (non-hydrogen) atoms. The third-order valence-electron chi connectivity index (χ3n) is 4.77.